The second kappa shape index (κ2) is 7.65. The third-order valence-corrected chi connectivity index (χ3v) is 3.35. The molecule has 0 aliphatic carbocycles. The zero-order valence-corrected chi connectivity index (χ0v) is 12.2. The van der Waals surface area contributed by atoms with Gasteiger partial charge in [0.2, 0.25) is 5.91 Å². The van der Waals surface area contributed by atoms with Gasteiger partial charge in [0.25, 0.3) is 0 Å². The summed E-state index contributed by atoms with van der Waals surface area (Å²) in [5.41, 5.74) is 0.860. The van der Waals surface area contributed by atoms with Gasteiger partial charge in [0.15, 0.2) is 0 Å². The molecule has 1 aromatic carbocycles. The molecule has 1 N–H and O–H groups in total. The number of hydrogen-bond donors (Lipinski definition) is 1. The van der Waals surface area contributed by atoms with Gasteiger partial charge in [-0.25, -0.2) is 0 Å². The van der Waals surface area contributed by atoms with Crippen LogP contribution in [0.25, 0.3) is 0 Å². The highest BCUT2D eigenvalue weighted by atomic mass is 16.4. The SMILES string of the molecule is CCN(C(=O)C(C)N(C)CCC(=O)O)c1ccccc1. The van der Waals surface area contributed by atoms with Crippen LogP contribution in [0.1, 0.15) is 20.3 Å². The molecule has 1 atom stereocenters. The van der Waals surface area contributed by atoms with E-state index in [-0.39, 0.29) is 18.4 Å². The van der Waals surface area contributed by atoms with E-state index in [1.54, 1.807) is 23.8 Å². The molecule has 0 saturated heterocycles. The molecule has 0 aliphatic rings. The van der Waals surface area contributed by atoms with Crippen molar-refractivity contribution >= 4 is 17.6 Å². The third kappa shape index (κ3) is 4.35. The number of anilines is 1. The second-order valence-corrected chi connectivity index (χ2v) is 4.72. The maximum atomic E-state index is 12.5. The Kier molecular flexibility index (Phi) is 6.18. The average Bonchev–Trinajstić information content (AvgIpc) is 2.45. The topological polar surface area (TPSA) is 60.9 Å². The van der Waals surface area contributed by atoms with Gasteiger partial charge in [-0.2, -0.15) is 0 Å². The number of carboxylic acid groups (broad SMARTS) is 1. The van der Waals surface area contributed by atoms with Crippen LogP contribution in [0.4, 0.5) is 5.69 Å². The highest BCUT2D eigenvalue weighted by Crippen LogP contribution is 2.15. The minimum absolute atomic E-state index is 0.0217. The van der Waals surface area contributed by atoms with Gasteiger partial charge in [-0.1, -0.05) is 18.2 Å². The van der Waals surface area contributed by atoms with Crippen LogP contribution in [0.2, 0.25) is 0 Å². The first-order chi connectivity index (χ1) is 9.47. The molecule has 0 fully saturated rings. The first-order valence-corrected chi connectivity index (χ1v) is 6.75. The van der Waals surface area contributed by atoms with Crippen molar-refractivity contribution in [3.8, 4) is 0 Å². The Bertz CT molecular complexity index is 448. The lowest BCUT2D eigenvalue weighted by Gasteiger charge is -2.29. The third-order valence-electron chi connectivity index (χ3n) is 3.35. The molecule has 0 aliphatic heterocycles. The lowest BCUT2D eigenvalue weighted by molar-refractivity contribution is -0.138. The number of likely N-dealkylation sites (N-methyl/N-ethyl adjacent to an activating group) is 2. The number of amides is 1. The van der Waals surface area contributed by atoms with Crippen LogP contribution in [-0.4, -0.2) is 48.1 Å². The molecule has 0 radical (unpaired) electrons. The Hall–Kier alpha value is -1.88. The van der Waals surface area contributed by atoms with E-state index in [1.807, 2.05) is 37.3 Å². The summed E-state index contributed by atoms with van der Waals surface area (Å²) < 4.78 is 0. The minimum Gasteiger partial charge on any atom is -0.481 e. The largest absolute Gasteiger partial charge is 0.481 e. The number of hydrogen-bond acceptors (Lipinski definition) is 3. The number of aliphatic carboxylic acids is 1. The van der Waals surface area contributed by atoms with E-state index in [0.29, 0.717) is 13.1 Å². The predicted octanol–water partition coefficient (Wildman–Crippen LogP) is 1.83. The maximum absolute atomic E-state index is 12.5. The minimum atomic E-state index is -0.855. The van der Waals surface area contributed by atoms with Crippen molar-refractivity contribution in [3.05, 3.63) is 30.3 Å². The molecular formula is C15H22N2O3. The Morgan fingerprint density at radius 3 is 2.35 bits per heavy atom. The number of carbonyl (C=O) groups is 2. The van der Waals surface area contributed by atoms with Gasteiger partial charge in [-0.05, 0) is 33.0 Å². The summed E-state index contributed by atoms with van der Waals surface area (Å²) in [6, 6.07) is 9.13. The van der Waals surface area contributed by atoms with E-state index in [9.17, 15) is 9.59 Å². The summed E-state index contributed by atoms with van der Waals surface area (Å²) in [7, 11) is 1.77. The van der Waals surface area contributed by atoms with Crippen molar-refractivity contribution in [2.45, 2.75) is 26.3 Å². The fourth-order valence-corrected chi connectivity index (χ4v) is 1.95. The molecule has 0 bridgehead atoms. The lowest BCUT2D eigenvalue weighted by atomic mass is 10.2. The number of para-hydroxylation sites is 1. The normalized spacial score (nSPS) is 12.2. The summed E-state index contributed by atoms with van der Waals surface area (Å²) in [5, 5.41) is 8.69. The van der Waals surface area contributed by atoms with Crippen LogP contribution < -0.4 is 4.90 Å². The van der Waals surface area contributed by atoms with Crippen molar-refractivity contribution in [1.82, 2.24) is 4.90 Å². The van der Waals surface area contributed by atoms with E-state index in [4.69, 9.17) is 5.11 Å². The van der Waals surface area contributed by atoms with Gasteiger partial charge in [-0.15, -0.1) is 0 Å². The average molecular weight is 278 g/mol. The van der Waals surface area contributed by atoms with Crippen LogP contribution in [-0.2, 0) is 9.59 Å². The molecular weight excluding hydrogens is 256 g/mol. The molecule has 1 aromatic rings. The fourth-order valence-electron chi connectivity index (χ4n) is 1.95. The van der Waals surface area contributed by atoms with E-state index in [2.05, 4.69) is 0 Å². The molecule has 1 rings (SSSR count). The Morgan fingerprint density at radius 2 is 1.85 bits per heavy atom. The Labute approximate surface area is 119 Å². The summed E-state index contributed by atoms with van der Waals surface area (Å²) in [4.78, 5) is 26.6. The molecule has 5 heteroatoms. The quantitative estimate of drug-likeness (QED) is 0.826. The predicted molar refractivity (Wildman–Crippen MR) is 78.8 cm³/mol. The number of rotatable bonds is 7. The summed E-state index contributed by atoms with van der Waals surface area (Å²) in [6.45, 7) is 4.67. The smallest absolute Gasteiger partial charge is 0.304 e. The van der Waals surface area contributed by atoms with Crippen LogP contribution in [0.15, 0.2) is 30.3 Å². The van der Waals surface area contributed by atoms with Crippen molar-refractivity contribution in [1.29, 1.82) is 0 Å². The van der Waals surface area contributed by atoms with Gasteiger partial charge >= 0.3 is 5.97 Å². The first kappa shape index (κ1) is 16.2. The van der Waals surface area contributed by atoms with Crippen LogP contribution in [0.5, 0.6) is 0 Å². The van der Waals surface area contributed by atoms with Crippen molar-refractivity contribution in [2.75, 3.05) is 25.0 Å². The van der Waals surface area contributed by atoms with Crippen LogP contribution in [0.3, 0.4) is 0 Å². The van der Waals surface area contributed by atoms with Gasteiger partial charge in [-0.3, -0.25) is 14.5 Å². The summed E-state index contributed by atoms with van der Waals surface area (Å²) >= 11 is 0. The van der Waals surface area contributed by atoms with Gasteiger partial charge in [0.05, 0.1) is 12.5 Å². The Morgan fingerprint density at radius 1 is 1.25 bits per heavy atom. The van der Waals surface area contributed by atoms with Crippen LogP contribution in [0, 0.1) is 0 Å². The molecule has 5 nitrogen and oxygen atoms in total. The Balaban J connectivity index is 2.73. The molecule has 110 valence electrons. The number of nitrogens with zero attached hydrogens (tertiary/aromatic N) is 2. The standard InChI is InChI=1S/C15H22N2O3/c1-4-17(13-8-6-5-7-9-13)15(20)12(2)16(3)11-10-14(18)19/h5-9,12H,4,10-11H2,1-3H3,(H,18,19). The van der Waals surface area contributed by atoms with Gasteiger partial charge in [0.1, 0.15) is 0 Å². The molecule has 20 heavy (non-hydrogen) atoms. The highest BCUT2D eigenvalue weighted by molar-refractivity contribution is 5.96. The lowest BCUT2D eigenvalue weighted by Crippen LogP contribution is -2.46. The van der Waals surface area contributed by atoms with E-state index >= 15 is 0 Å². The molecule has 1 amide bonds. The van der Waals surface area contributed by atoms with E-state index in [0.717, 1.165) is 5.69 Å². The van der Waals surface area contributed by atoms with Crippen molar-refractivity contribution in [3.63, 3.8) is 0 Å². The molecule has 0 spiro atoms. The summed E-state index contributed by atoms with van der Waals surface area (Å²) in [6.07, 6.45) is 0.0333. The second-order valence-electron chi connectivity index (χ2n) is 4.72. The maximum Gasteiger partial charge on any atom is 0.304 e. The van der Waals surface area contributed by atoms with E-state index in [1.165, 1.54) is 0 Å². The first-order valence-electron chi connectivity index (χ1n) is 6.75. The van der Waals surface area contributed by atoms with Gasteiger partial charge in [0, 0.05) is 18.8 Å². The monoisotopic (exact) mass is 278 g/mol. The van der Waals surface area contributed by atoms with Crippen LogP contribution >= 0.6 is 0 Å². The van der Waals surface area contributed by atoms with Crippen molar-refractivity contribution in [2.24, 2.45) is 0 Å². The summed E-state index contributed by atoms with van der Waals surface area (Å²) in [5.74, 6) is -0.876. The fraction of sp³-hybridized carbons (Fsp3) is 0.467. The zero-order valence-electron chi connectivity index (χ0n) is 12.2. The molecule has 0 aromatic heterocycles. The number of benzene rings is 1. The number of carboxylic acids is 1. The van der Waals surface area contributed by atoms with Gasteiger partial charge < -0.3 is 10.0 Å². The number of carbonyl (C=O) groups excluding carboxylic acids is 1. The zero-order chi connectivity index (χ0) is 15.1. The van der Waals surface area contributed by atoms with E-state index < -0.39 is 5.97 Å². The molecule has 1 unspecified atom stereocenters. The van der Waals surface area contributed by atoms with Crippen molar-refractivity contribution < 1.29 is 14.7 Å². The molecule has 0 heterocycles. The molecule has 0 saturated carbocycles. The highest BCUT2D eigenvalue weighted by Gasteiger charge is 2.24.